The van der Waals surface area contributed by atoms with Crippen LogP contribution in [0.2, 0.25) is 0 Å². The van der Waals surface area contributed by atoms with Crippen molar-refractivity contribution in [3.05, 3.63) is 16.4 Å². The number of nitrogens with zero attached hydrogens (tertiary/aromatic N) is 4. The van der Waals surface area contributed by atoms with Gasteiger partial charge in [0.15, 0.2) is 0 Å². The third-order valence-corrected chi connectivity index (χ3v) is 3.96. The molecule has 110 valence electrons. The molecule has 0 amide bonds. The van der Waals surface area contributed by atoms with E-state index in [0.717, 1.165) is 19.5 Å². The molecule has 0 aromatic carbocycles. The van der Waals surface area contributed by atoms with E-state index < -0.39 is 4.92 Å². The minimum Gasteiger partial charge on any atom is -0.364 e. The van der Waals surface area contributed by atoms with Crippen molar-refractivity contribution >= 4 is 17.3 Å². The van der Waals surface area contributed by atoms with Crippen LogP contribution in [0.15, 0.2) is 6.33 Å². The van der Waals surface area contributed by atoms with E-state index in [2.05, 4.69) is 29.1 Å². The summed E-state index contributed by atoms with van der Waals surface area (Å²) in [6.45, 7) is 8.47. The van der Waals surface area contributed by atoms with Crippen LogP contribution in [0, 0.1) is 22.0 Å². The third-order valence-electron chi connectivity index (χ3n) is 3.96. The van der Waals surface area contributed by atoms with E-state index >= 15 is 0 Å². The highest BCUT2D eigenvalue weighted by molar-refractivity contribution is 5.70. The molecule has 1 fully saturated rings. The average molecular weight is 279 g/mol. The number of nitro groups is 1. The number of rotatable bonds is 4. The molecule has 20 heavy (non-hydrogen) atoms. The lowest BCUT2D eigenvalue weighted by atomic mass is 9.89. The standard InChI is InChI=1S/C13H21N5O2/c1-4-14-12-11(18(19)20)13(16-8-15-12)17-6-5-9(2)10(3)7-17/h8-10H,4-7H2,1-3H3,(H,14,15,16). The molecule has 1 aromatic rings. The first kappa shape index (κ1) is 14.5. The fraction of sp³-hybridized carbons (Fsp3) is 0.692. The monoisotopic (exact) mass is 279 g/mol. The van der Waals surface area contributed by atoms with Crippen LogP contribution in [0.1, 0.15) is 27.2 Å². The lowest BCUT2D eigenvalue weighted by Gasteiger charge is -2.35. The molecule has 1 N–H and O–H groups in total. The van der Waals surface area contributed by atoms with Crippen molar-refractivity contribution in [2.75, 3.05) is 29.9 Å². The minimum atomic E-state index is -0.393. The topological polar surface area (TPSA) is 84.2 Å². The molecule has 0 saturated carbocycles. The van der Waals surface area contributed by atoms with Gasteiger partial charge in [-0.05, 0) is 25.2 Å². The van der Waals surface area contributed by atoms with Crippen LogP contribution in [-0.4, -0.2) is 34.5 Å². The number of hydrogen-bond acceptors (Lipinski definition) is 6. The molecule has 2 heterocycles. The minimum absolute atomic E-state index is 0.0175. The lowest BCUT2D eigenvalue weighted by molar-refractivity contribution is -0.383. The SMILES string of the molecule is CCNc1ncnc(N2CCC(C)C(C)C2)c1[N+](=O)[O-]. The van der Waals surface area contributed by atoms with E-state index in [4.69, 9.17) is 0 Å². The van der Waals surface area contributed by atoms with Crippen molar-refractivity contribution in [1.82, 2.24) is 9.97 Å². The maximum Gasteiger partial charge on any atom is 0.353 e. The van der Waals surface area contributed by atoms with Crippen LogP contribution >= 0.6 is 0 Å². The van der Waals surface area contributed by atoms with Gasteiger partial charge in [-0.15, -0.1) is 0 Å². The first-order valence-corrected chi connectivity index (χ1v) is 7.02. The maximum atomic E-state index is 11.4. The average Bonchev–Trinajstić information content (AvgIpc) is 2.42. The molecule has 1 aromatic heterocycles. The summed E-state index contributed by atoms with van der Waals surface area (Å²) in [4.78, 5) is 21.1. The van der Waals surface area contributed by atoms with E-state index in [1.54, 1.807) is 0 Å². The Morgan fingerprint density at radius 2 is 2.20 bits per heavy atom. The van der Waals surface area contributed by atoms with Gasteiger partial charge in [-0.2, -0.15) is 0 Å². The van der Waals surface area contributed by atoms with Gasteiger partial charge in [-0.25, -0.2) is 9.97 Å². The van der Waals surface area contributed by atoms with Gasteiger partial charge in [0.25, 0.3) is 0 Å². The van der Waals surface area contributed by atoms with Crippen LogP contribution in [-0.2, 0) is 0 Å². The number of anilines is 2. The normalized spacial score (nSPS) is 22.6. The van der Waals surface area contributed by atoms with Crippen LogP contribution in [0.25, 0.3) is 0 Å². The van der Waals surface area contributed by atoms with E-state index in [-0.39, 0.29) is 5.69 Å². The Bertz CT molecular complexity index is 494. The Hall–Kier alpha value is -1.92. The smallest absolute Gasteiger partial charge is 0.353 e. The van der Waals surface area contributed by atoms with Crippen molar-refractivity contribution < 1.29 is 4.92 Å². The van der Waals surface area contributed by atoms with Gasteiger partial charge in [0.2, 0.25) is 11.6 Å². The highest BCUT2D eigenvalue weighted by Crippen LogP contribution is 2.35. The number of piperidine rings is 1. The Balaban J connectivity index is 2.35. The van der Waals surface area contributed by atoms with E-state index in [1.807, 2.05) is 11.8 Å². The number of nitrogens with one attached hydrogen (secondary N) is 1. The fourth-order valence-electron chi connectivity index (χ4n) is 2.52. The second-order valence-corrected chi connectivity index (χ2v) is 5.37. The highest BCUT2D eigenvalue weighted by atomic mass is 16.6. The van der Waals surface area contributed by atoms with E-state index in [1.165, 1.54) is 6.33 Å². The predicted molar refractivity (Wildman–Crippen MR) is 78.0 cm³/mol. The molecule has 2 atom stereocenters. The Kier molecular flexibility index (Phi) is 4.36. The molecule has 7 heteroatoms. The zero-order valence-electron chi connectivity index (χ0n) is 12.2. The summed E-state index contributed by atoms with van der Waals surface area (Å²) in [5.41, 5.74) is -0.0175. The van der Waals surface area contributed by atoms with Gasteiger partial charge in [-0.3, -0.25) is 10.1 Å². The molecule has 1 aliphatic heterocycles. The van der Waals surface area contributed by atoms with Crippen LogP contribution in [0.5, 0.6) is 0 Å². The van der Waals surface area contributed by atoms with Gasteiger partial charge >= 0.3 is 5.69 Å². The van der Waals surface area contributed by atoms with Gasteiger partial charge in [0, 0.05) is 19.6 Å². The molecule has 0 spiro atoms. The Morgan fingerprint density at radius 1 is 1.45 bits per heavy atom. The van der Waals surface area contributed by atoms with Crippen LogP contribution in [0.4, 0.5) is 17.3 Å². The Labute approximate surface area is 118 Å². The van der Waals surface area contributed by atoms with E-state index in [0.29, 0.717) is 30.0 Å². The molecule has 1 saturated heterocycles. The van der Waals surface area contributed by atoms with Crippen molar-refractivity contribution in [3.8, 4) is 0 Å². The zero-order chi connectivity index (χ0) is 14.7. The third kappa shape index (κ3) is 2.81. The molecule has 0 radical (unpaired) electrons. The molecular formula is C13H21N5O2. The maximum absolute atomic E-state index is 11.4. The van der Waals surface area contributed by atoms with Gasteiger partial charge in [-0.1, -0.05) is 13.8 Å². The van der Waals surface area contributed by atoms with E-state index in [9.17, 15) is 10.1 Å². The molecule has 0 aliphatic carbocycles. The predicted octanol–water partition coefficient (Wildman–Crippen LogP) is 2.30. The zero-order valence-corrected chi connectivity index (χ0v) is 12.2. The summed E-state index contributed by atoms with van der Waals surface area (Å²) in [7, 11) is 0. The first-order valence-electron chi connectivity index (χ1n) is 7.02. The summed E-state index contributed by atoms with van der Waals surface area (Å²) >= 11 is 0. The summed E-state index contributed by atoms with van der Waals surface area (Å²) < 4.78 is 0. The van der Waals surface area contributed by atoms with Crippen molar-refractivity contribution in [1.29, 1.82) is 0 Å². The molecule has 1 aliphatic rings. The molecule has 0 bridgehead atoms. The summed E-state index contributed by atoms with van der Waals surface area (Å²) in [6.07, 6.45) is 2.42. The van der Waals surface area contributed by atoms with Gasteiger partial charge in [0.05, 0.1) is 4.92 Å². The number of hydrogen-bond donors (Lipinski definition) is 1. The van der Waals surface area contributed by atoms with Gasteiger partial charge < -0.3 is 10.2 Å². The Morgan fingerprint density at radius 3 is 2.80 bits per heavy atom. The summed E-state index contributed by atoms with van der Waals surface area (Å²) in [5, 5.41) is 14.3. The second kappa shape index (κ2) is 6.02. The lowest BCUT2D eigenvalue weighted by Crippen LogP contribution is -2.39. The quantitative estimate of drug-likeness (QED) is 0.672. The summed E-state index contributed by atoms with van der Waals surface area (Å²) in [5.74, 6) is 1.87. The van der Waals surface area contributed by atoms with Gasteiger partial charge in [0.1, 0.15) is 6.33 Å². The molecule has 2 rings (SSSR count). The fourth-order valence-corrected chi connectivity index (χ4v) is 2.52. The van der Waals surface area contributed by atoms with Crippen LogP contribution in [0.3, 0.4) is 0 Å². The number of aromatic nitrogens is 2. The summed E-state index contributed by atoms with van der Waals surface area (Å²) in [6, 6.07) is 0. The molecule has 7 nitrogen and oxygen atoms in total. The van der Waals surface area contributed by atoms with Crippen molar-refractivity contribution in [2.45, 2.75) is 27.2 Å². The van der Waals surface area contributed by atoms with Crippen molar-refractivity contribution in [3.63, 3.8) is 0 Å². The largest absolute Gasteiger partial charge is 0.364 e. The highest BCUT2D eigenvalue weighted by Gasteiger charge is 2.31. The second-order valence-electron chi connectivity index (χ2n) is 5.37. The van der Waals surface area contributed by atoms with Crippen LogP contribution < -0.4 is 10.2 Å². The molecule has 2 unspecified atom stereocenters. The van der Waals surface area contributed by atoms with Crippen molar-refractivity contribution in [2.24, 2.45) is 11.8 Å². The first-order chi connectivity index (χ1) is 9.54. The molecular weight excluding hydrogens is 258 g/mol.